The highest BCUT2D eigenvalue weighted by Gasteiger charge is 2.33. The van der Waals surface area contributed by atoms with Crippen molar-refractivity contribution in [3.63, 3.8) is 0 Å². The minimum atomic E-state index is -3.76. The van der Waals surface area contributed by atoms with E-state index < -0.39 is 28.5 Å². The number of halogens is 1. The standard InChI is InChI=1S/C31H32ClN3O5S/c1-41(38,39)34(21-25-11-6-3-7-12-25)23-30(36)35(22-26-14-16-27(32)17-15-26)29(19-24-9-4-2-5-10-24)31(37)33-20-28-13-8-18-40-28/h2-18,29H,19-23H2,1H3,(H,33,37)/t29-/m1/s1. The number of nitrogens with zero attached hydrogens (tertiary/aromatic N) is 2. The fourth-order valence-electron chi connectivity index (χ4n) is 4.36. The van der Waals surface area contributed by atoms with Crippen LogP contribution in [0.2, 0.25) is 5.02 Å². The summed E-state index contributed by atoms with van der Waals surface area (Å²) in [5.74, 6) is -0.324. The van der Waals surface area contributed by atoms with Crippen LogP contribution in [0, 0.1) is 0 Å². The van der Waals surface area contributed by atoms with Crippen LogP contribution in [0.1, 0.15) is 22.5 Å². The van der Waals surface area contributed by atoms with Crippen LogP contribution in [0.4, 0.5) is 0 Å². The quantitative estimate of drug-likeness (QED) is 0.243. The smallest absolute Gasteiger partial charge is 0.243 e. The number of sulfonamides is 1. The van der Waals surface area contributed by atoms with Crippen LogP contribution < -0.4 is 5.32 Å². The molecule has 214 valence electrons. The molecule has 0 fully saturated rings. The molecule has 0 bridgehead atoms. The van der Waals surface area contributed by atoms with Crippen LogP contribution in [0.3, 0.4) is 0 Å². The molecule has 2 amide bonds. The van der Waals surface area contributed by atoms with Crippen molar-refractivity contribution < 1.29 is 22.4 Å². The van der Waals surface area contributed by atoms with Gasteiger partial charge in [-0.05, 0) is 41.0 Å². The van der Waals surface area contributed by atoms with Crippen molar-refractivity contribution in [3.05, 3.63) is 131 Å². The SMILES string of the molecule is CS(=O)(=O)N(CC(=O)N(Cc1ccc(Cl)cc1)[C@H](Cc1ccccc1)C(=O)NCc1ccco1)Cc1ccccc1. The van der Waals surface area contributed by atoms with Crippen molar-refractivity contribution in [2.75, 3.05) is 12.8 Å². The zero-order valence-corrected chi connectivity index (χ0v) is 24.2. The first-order valence-electron chi connectivity index (χ1n) is 13.1. The second-order valence-electron chi connectivity index (χ2n) is 9.67. The van der Waals surface area contributed by atoms with E-state index in [9.17, 15) is 18.0 Å². The Kier molecular flexibility index (Phi) is 10.3. The number of hydrogen-bond acceptors (Lipinski definition) is 5. The Morgan fingerprint density at radius 2 is 1.44 bits per heavy atom. The zero-order chi connectivity index (χ0) is 29.2. The first-order valence-corrected chi connectivity index (χ1v) is 15.3. The van der Waals surface area contributed by atoms with E-state index in [-0.39, 0.29) is 32.0 Å². The number of hydrogen-bond donors (Lipinski definition) is 1. The maximum atomic E-state index is 14.0. The molecule has 0 aliphatic carbocycles. The summed E-state index contributed by atoms with van der Waals surface area (Å²) >= 11 is 6.09. The van der Waals surface area contributed by atoms with E-state index in [4.69, 9.17) is 16.0 Å². The van der Waals surface area contributed by atoms with Crippen molar-refractivity contribution in [3.8, 4) is 0 Å². The predicted octanol–water partition coefficient (Wildman–Crippen LogP) is 4.65. The molecule has 0 unspecified atom stereocenters. The molecule has 1 aromatic heterocycles. The van der Waals surface area contributed by atoms with E-state index in [1.165, 1.54) is 11.2 Å². The van der Waals surface area contributed by atoms with Gasteiger partial charge in [-0.2, -0.15) is 4.31 Å². The molecule has 0 radical (unpaired) electrons. The molecular formula is C31H32ClN3O5S. The molecular weight excluding hydrogens is 562 g/mol. The van der Waals surface area contributed by atoms with Crippen LogP contribution in [-0.2, 0) is 45.7 Å². The fourth-order valence-corrected chi connectivity index (χ4v) is 5.22. The van der Waals surface area contributed by atoms with Gasteiger partial charge in [0.25, 0.3) is 0 Å². The molecule has 0 aliphatic heterocycles. The topological polar surface area (TPSA) is 99.9 Å². The second kappa shape index (κ2) is 14.1. The lowest BCUT2D eigenvalue weighted by Gasteiger charge is -2.33. The molecule has 0 aliphatic rings. The summed E-state index contributed by atoms with van der Waals surface area (Å²) in [5, 5.41) is 3.42. The normalized spacial score (nSPS) is 12.2. The Morgan fingerprint density at radius 3 is 2.02 bits per heavy atom. The average Bonchev–Trinajstić information content (AvgIpc) is 3.49. The van der Waals surface area contributed by atoms with Crippen LogP contribution in [0.25, 0.3) is 0 Å². The Hall–Kier alpha value is -3.92. The molecule has 1 N–H and O–H groups in total. The second-order valence-corrected chi connectivity index (χ2v) is 12.1. The fraction of sp³-hybridized carbons (Fsp3) is 0.226. The highest BCUT2D eigenvalue weighted by atomic mass is 35.5. The Bertz CT molecular complexity index is 1510. The molecule has 3 aromatic carbocycles. The molecule has 0 saturated heterocycles. The van der Waals surface area contributed by atoms with Crippen LogP contribution in [0.5, 0.6) is 0 Å². The van der Waals surface area contributed by atoms with Gasteiger partial charge >= 0.3 is 0 Å². The third-order valence-corrected chi connectivity index (χ3v) is 7.98. The Labute approximate surface area is 245 Å². The van der Waals surface area contributed by atoms with Gasteiger partial charge in [-0.15, -0.1) is 0 Å². The number of rotatable bonds is 13. The van der Waals surface area contributed by atoms with E-state index in [0.29, 0.717) is 10.8 Å². The van der Waals surface area contributed by atoms with Crippen molar-refractivity contribution in [1.29, 1.82) is 0 Å². The molecule has 41 heavy (non-hydrogen) atoms. The lowest BCUT2D eigenvalue weighted by molar-refractivity contribution is -0.141. The van der Waals surface area contributed by atoms with Crippen LogP contribution >= 0.6 is 11.6 Å². The minimum absolute atomic E-state index is 0.0221. The summed E-state index contributed by atoms with van der Waals surface area (Å²) in [5.41, 5.74) is 2.34. The summed E-state index contributed by atoms with van der Waals surface area (Å²) < 4.78 is 32.0. The highest BCUT2D eigenvalue weighted by molar-refractivity contribution is 7.88. The molecule has 4 aromatic rings. The number of nitrogens with one attached hydrogen (secondary N) is 1. The predicted molar refractivity (Wildman–Crippen MR) is 158 cm³/mol. The first kappa shape index (κ1) is 30.0. The van der Waals surface area contributed by atoms with Crippen molar-refractivity contribution in [2.45, 2.75) is 32.1 Å². The number of carbonyl (C=O) groups excluding carboxylic acids is 2. The summed E-state index contributed by atoms with van der Waals surface area (Å²) in [6.45, 7) is -0.194. The van der Waals surface area contributed by atoms with Gasteiger partial charge in [0.15, 0.2) is 0 Å². The van der Waals surface area contributed by atoms with Crippen LogP contribution in [-0.4, -0.2) is 48.3 Å². The van der Waals surface area contributed by atoms with Gasteiger partial charge in [0.2, 0.25) is 21.8 Å². The van der Waals surface area contributed by atoms with E-state index in [0.717, 1.165) is 27.3 Å². The van der Waals surface area contributed by atoms with Crippen LogP contribution in [0.15, 0.2) is 108 Å². The molecule has 10 heteroatoms. The highest BCUT2D eigenvalue weighted by Crippen LogP contribution is 2.19. The lowest BCUT2D eigenvalue weighted by atomic mass is 10.0. The van der Waals surface area contributed by atoms with Gasteiger partial charge in [0, 0.05) is 24.5 Å². The van der Waals surface area contributed by atoms with Crippen molar-refractivity contribution in [2.24, 2.45) is 0 Å². The van der Waals surface area contributed by atoms with E-state index in [2.05, 4.69) is 5.32 Å². The molecule has 0 spiro atoms. The van der Waals surface area contributed by atoms with Gasteiger partial charge in [0.1, 0.15) is 11.8 Å². The van der Waals surface area contributed by atoms with Gasteiger partial charge in [-0.1, -0.05) is 84.4 Å². The Balaban J connectivity index is 1.67. The van der Waals surface area contributed by atoms with E-state index >= 15 is 0 Å². The molecule has 0 saturated carbocycles. The molecule has 1 heterocycles. The molecule has 1 atom stereocenters. The lowest BCUT2D eigenvalue weighted by Crippen LogP contribution is -2.53. The number of furan rings is 1. The summed E-state index contributed by atoms with van der Waals surface area (Å²) in [6.07, 6.45) is 2.82. The third-order valence-electron chi connectivity index (χ3n) is 6.54. The summed E-state index contributed by atoms with van der Waals surface area (Å²) in [4.78, 5) is 29.2. The van der Waals surface area contributed by atoms with Gasteiger partial charge < -0.3 is 14.6 Å². The maximum absolute atomic E-state index is 14.0. The molecule has 4 rings (SSSR count). The number of benzene rings is 3. The largest absolute Gasteiger partial charge is 0.467 e. The number of amides is 2. The third kappa shape index (κ3) is 9.04. The van der Waals surface area contributed by atoms with E-state index in [1.807, 2.05) is 48.5 Å². The zero-order valence-electron chi connectivity index (χ0n) is 22.6. The van der Waals surface area contributed by atoms with Gasteiger partial charge in [-0.3, -0.25) is 9.59 Å². The Morgan fingerprint density at radius 1 is 0.829 bits per heavy atom. The van der Waals surface area contributed by atoms with E-state index in [1.54, 1.807) is 48.5 Å². The van der Waals surface area contributed by atoms with Crippen molar-refractivity contribution in [1.82, 2.24) is 14.5 Å². The number of carbonyl (C=O) groups is 2. The summed E-state index contributed by atoms with van der Waals surface area (Å²) in [7, 11) is -3.76. The maximum Gasteiger partial charge on any atom is 0.243 e. The van der Waals surface area contributed by atoms with Gasteiger partial charge in [0.05, 0.1) is 25.6 Å². The minimum Gasteiger partial charge on any atom is -0.467 e. The first-order chi connectivity index (χ1) is 19.7. The summed E-state index contributed by atoms with van der Waals surface area (Å²) in [6, 6.07) is 27.9. The monoisotopic (exact) mass is 593 g/mol. The molecule has 8 nitrogen and oxygen atoms in total. The van der Waals surface area contributed by atoms with Crippen molar-refractivity contribution >= 4 is 33.4 Å². The average molecular weight is 594 g/mol. The van der Waals surface area contributed by atoms with Gasteiger partial charge in [-0.25, -0.2) is 8.42 Å².